The van der Waals surface area contributed by atoms with Crippen molar-refractivity contribution < 1.29 is 4.74 Å². The van der Waals surface area contributed by atoms with Gasteiger partial charge < -0.3 is 4.74 Å². The van der Waals surface area contributed by atoms with Gasteiger partial charge in [-0.25, -0.2) is 0 Å². The van der Waals surface area contributed by atoms with Crippen LogP contribution in [-0.2, 0) is 11.3 Å². The highest BCUT2D eigenvalue weighted by Gasteiger charge is 2.14. The lowest BCUT2D eigenvalue weighted by atomic mass is 10.0. The second kappa shape index (κ2) is 7.26. The van der Waals surface area contributed by atoms with Gasteiger partial charge in [-0.2, -0.15) is 0 Å². The van der Waals surface area contributed by atoms with Crippen molar-refractivity contribution in [1.82, 2.24) is 0 Å². The molecule has 0 aromatic heterocycles. The van der Waals surface area contributed by atoms with Gasteiger partial charge in [-0.3, -0.25) is 0 Å². The van der Waals surface area contributed by atoms with Crippen LogP contribution in [0.5, 0.6) is 0 Å². The van der Waals surface area contributed by atoms with E-state index in [4.69, 9.17) is 16.3 Å². The number of hydrogen-bond acceptors (Lipinski definition) is 1. The Balaban J connectivity index is 1.81. The van der Waals surface area contributed by atoms with Gasteiger partial charge in [0.25, 0.3) is 0 Å². The summed E-state index contributed by atoms with van der Waals surface area (Å²) in [4.78, 5) is 0. The van der Waals surface area contributed by atoms with E-state index in [0.717, 1.165) is 21.7 Å². The number of ether oxygens (including phenoxy) is 1. The van der Waals surface area contributed by atoms with Crippen molar-refractivity contribution in [3.05, 3.63) is 107 Å². The molecular formula is C20H17ClO. The highest BCUT2D eigenvalue weighted by Crippen LogP contribution is 2.27. The summed E-state index contributed by atoms with van der Waals surface area (Å²) >= 11 is 5.93. The predicted octanol–water partition coefficient (Wildman–Crippen LogP) is 5.65. The zero-order valence-corrected chi connectivity index (χ0v) is 12.9. The summed E-state index contributed by atoms with van der Waals surface area (Å²) in [5.41, 5.74) is 3.42. The molecule has 0 aliphatic heterocycles. The first kappa shape index (κ1) is 14.8. The zero-order chi connectivity index (χ0) is 15.2. The first-order valence-corrected chi connectivity index (χ1v) is 7.66. The molecule has 3 aromatic carbocycles. The van der Waals surface area contributed by atoms with Crippen molar-refractivity contribution in [3.8, 4) is 0 Å². The van der Waals surface area contributed by atoms with E-state index in [1.54, 1.807) is 0 Å². The lowest BCUT2D eigenvalue weighted by molar-refractivity contribution is 0.0667. The maximum Gasteiger partial charge on any atom is 0.108 e. The Labute approximate surface area is 136 Å². The molecule has 0 saturated carbocycles. The third-order valence-corrected chi connectivity index (χ3v) is 3.79. The summed E-state index contributed by atoms with van der Waals surface area (Å²) in [6, 6.07) is 28.3. The van der Waals surface area contributed by atoms with Crippen molar-refractivity contribution in [2.45, 2.75) is 12.7 Å². The van der Waals surface area contributed by atoms with E-state index < -0.39 is 0 Å². The Morgan fingerprint density at radius 1 is 0.682 bits per heavy atom. The SMILES string of the molecule is Clc1ccc(COC(c2ccccc2)c2ccccc2)cc1. The molecule has 1 nitrogen and oxygen atoms in total. The highest BCUT2D eigenvalue weighted by molar-refractivity contribution is 6.30. The molecule has 0 unspecified atom stereocenters. The fraction of sp³-hybridized carbons (Fsp3) is 0.100. The number of rotatable bonds is 5. The van der Waals surface area contributed by atoms with Gasteiger partial charge in [-0.15, -0.1) is 0 Å². The number of hydrogen-bond donors (Lipinski definition) is 0. The van der Waals surface area contributed by atoms with Crippen LogP contribution >= 0.6 is 11.6 Å². The lowest BCUT2D eigenvalue weighted by Crippen LogP contribution is -2.06. The van der Waals surface area contributed by atoms with Gasteiger partial charge >= 0.3 is 0 Å². The van der Waals surface area contributed by atoms with Gasteiger partial charge in [0.2, 0.25) is 0 Å². The Morgan fingerprint density at radius 3 is 1.68 bits per heavy atom. The van der Waals surface area contributed by atoms with Gasteiger partial charge in [0.05, 0.1) is 6.61 Å². The van der Waals surface area contributed by atoms with Gasteiger partial charge in [0, 0.05) is 5.02 Å². The van der Waals surface area contributed by atoms with Gasteiger partial charge in [0.1, 0.15) is 6.10 Å². The Bertz CT molecular complexity index is 653. The van der Waals surface area contributed by atoms with E-state index in [-0.39, 0.29) is 6.10 Å². The van der Waals surface area contributed by atoms with Crippen LogP contribution in [0.2, 0.25) is 5.02 Å². The van der Waals surface area contributed by atoms with E-state index in [1.807, 2.05) is 60.7 Å². The van der Waals surface area contributed by atoms with Crippen LogP contribution in [0.1, 0.15) is 22.8 Å². The smallest absolute Gasteiger partial charge is 0.108 e. The molecule has 0 aliphatic rings. The molecule has 22 heavy (non-hydrogen) atoms. The van der Waals surface area contributed by atoms with Gasteiger partial charge in [-0.05, 0) is 28.8 Å². The monoisotopic (exact) mass is 308 g/mol. The molecule has 0 bridgehead atoms. The van der Waals surface area contributed by atoms with Crippen LogP contribution in [-0.4, -0.2) is 0 Å². The molecule has 0 fully saturated rings. The zero-order valence-electron chi connectivity index (χ0n) is 12.2. The molecule has 3 aromatic rings. The summed E-state index contributed by atoms with van der Waals surface area (Å²) in [7, 11) is 0. The minimum Gasteiger partial charge on any atom is -0.364 e. The van der Waals surface area contributed by atoms with E-state index in [9.17, 15) is 0 Å². The van der Waals surface area contributed by atoms with Crippen LogP contribution in [0.4, 0.5) is 0 Å². The summed E-state index contributed by atoms with van der Waals surface area (Å²) in [5, 5.41) is 0.742. The average molecular weight is 309 g/mol. The van der Waals surface area contributed by atoms with E-state index >= 15 is 0 Å². The van der Waals surface area contributed by atoms with E-state index in [1.165, 1.54) is 0 Å². The highest BCUT2D eigenvalue weighted by atomic mass is 35.5. The number of benzene rings is 3. The van der Waals surface area contributed by atoms with Crippen molar-refractivity contribution in [1.29, 1.82) is 0 Å². The molecule has 2 heteroatoms. The normalized spacial score (nSPS) is 10.8. The second-order valence-electron chi connectivity index (χ2n) is 5.14. The predicted molar refractivity (Wildman–Crippen MR) is 91.0 cm³/mol. The molecule has 0 N–H and O–H groups in total. The molecule has 0 saturated heterocycles. The Morgan fingerprint density at radius 2 is 1.18 bits per heavy atom. The third kappa shape index (κ3) is 3.76. The van der Waals surface area contributed by atoms with Crippen molar-refractivity contribution >= 4 is 11.6 Å². The minimum absolute atomic E-state index is 0.0712. The van der Waals surface area contributed by atoms with Crippen molar-refractivity contribution in [2.75, 3.05) is 0 Å². The van der Waals surface area contributed by atoms with Crippen LogP contribution in [0.15, 0.2) is 84.9 Å². The van der Waals surface area contributed by atoms with Crippen molar-refractivity contribution in [2.24, 2.45) is 0 Å². The molecule has 3 rings (SSSR count). The quantitative estimate of drug-likeness (QED) is 0.592. The molecule has 0 aliphatic carbocycles. The van der Waals surface area contributed by atoms with Crippen LogP contribution in [0.25, 0.3) is 0 Å². The number of halogens is 1. The summed E-state index contributed by atoms with van der Waals surface area (Å²) in [5.74, 6) is 0. The first-order valence-electron chi connectivity index (χ1n) is 7.29. The standard InChI is InChI=1S/C20H17ClO/c21-19-13-11-16(12-14-19)15-22-20(17-7-3-1-4-8-17)18-9-5-2-6-10-18/h1-14,20H,15H2. The molecule has 110 valence electrons. The molecular weight excluding hydrogens is 292 g/mol. The summed E-state index contributed by atoms with van der Waals surface area (Å²) in [6.07, 6.45) is -0.0712. The molecule has 0 radical (unpaired) electrons. The third-order valence-electron chi connectivity index (χ3n) is 3.53. The summed E-state index contributed by atoms with van der Waals surface area (Å²) < 4.78 is 6.20. The van der Waals surface area contributed by atoms with Crippen molar-refractivity contribution in [3.63, 3.8) is 0 Å². The van der Waals surface area contributed by atoms with Gasteiger partial charge in [-0.1, -0.05) is 84.4 Å². The Hall–Kier alpha value is -2.09. The molecule has 0 amide bonds. The fourth-order valence-corrected chi connectivity index (χ4v) is 2.53. The summed E-state index contributed by atoms with van der Waals surface area (Å²) in [6.45, 7) is 0.547. The Kier molecular flexibility index (Phi) is 4.89. The second-order valence-corrected chi connectivity index (χ2v) is 5.58. The topological polar surface area (TPSA) is 9.23 Å². The minimum atomic E-state index is -0.0712. The maximum absolute atomic E-state index is 6.20. The lowest BCUT2D eigenvalue weighted by Gasteiger charge is -2.19. The molecule has 0 spiro atoms. The van der Waals surface area contributed by atoms with Crippen LogP contribution in [0.3, 0.4) is 0 Å². The van der Waals surface area contributed by atoms with Crippen LogP contribution in [0, 0.1) is 0 Å². The fourth-order valence-electron chi connectivity index (χ4n) is 2.40. The first-order chi connectivity index (χ1) is 10.8. The molecule has 0 heterocycles. The van der Waals surface area contributed by atoms with Crippen LogP contribution < -0.4 is 0 Å². The van der Waals surface area contributed by atoms with Gasteiger partial charge in [0.15, 0.2) is 0 Å². The van der Waals surface area contributed by atoms with E-state index in [2.05, 4.69) is 24.3 Å². The molecule has 0 atom stereocenters. The largest absolute Gasteiger partial charge is 0.364 e. The maximum atomic E-state index is 6.20. The average Bonchev–Trinajstić information content (AvgIpc) is 2.59. The van der Waals surface area contributed by atoms with E-state index in [0.29, 0.717) is 6.61 Å².